The summed E-state index contributed by atoms with van der Waals surface area (Å²) in [4.78, 5) is 22.9. The van der Waals surface area contributed by atoms with E-state index in [9.17, 15) is 13.6 Å². The second kappa shape index (κ2) is 8.00. The van der Waals surface area contributed by atoms with Gasteiger partial charge in [0.25, 0.3) is 0 Å². The van der Waals surface area contributed by atoms with Crippen LogP contribution >= 0.6 is 0 Å². The molecule has 3 rings (SSSR count). The summed E-state index contributed by atoms with van der Waals surface area (Å²) in [6.45, 7) is 2.13. The number of nitrogens with zero attached hydrogens (tertiary/aromatic N) is 3. The fourth-order valence-corrected chi connectivity index (χ4v) is 2.82. The van der Waals surface area contributed by atoms with E-state index in [2.05, 4.69) is 20.2 Å². The van der Waals surface area contributed by atoms with Crippen molar-refractivity contribution in [2.45, 2.75) is 32.2 Å². The van der Waals surface area contributed by atoms with E-state index >= 15 is 0 Å². The smallest absolute Gasteiger partial charge is 0.225 e. The molecule has 1 aromatic carbocycles. The zero-order valence-corrected chi connectivity index (χ0v) is 13.8. The normalized spacial score (nSPS) is 14.4. The molecule has 0 saturated carbocycles. The van der Waals surface area contributed by atoms with Gasteiger partial charge < -0.3 is 10.2 Å². The van der Waals surface area contributed by atoms with Crippen LogP contribution in [0.4, 0.5) is 14.7 Å². The summed E-state index contributed by atoms with van der Waals surface area (Å²) in [6, 6.07) is 4.94. The summed E-state index contributed by atoms with van der Waals surface area (Å²) in [5.74, 6) is -1.04. The zero-order chi connectivity index (χ0) is 17.6. The van der Waals surface area contributed by atoms with Crippen molar-refractivity contribution >= 4 is 11.9 Å². The Kier molecular flexibility index (Phi) is 5.53. The van der Waals surface area contributed by atoms with E-state index in [-0.39, 0.29) is 24.4 Å². The predicted octanol–water partition coefficient (Wildman–Crippen LogP) is 2.60. The standard InChI is InChI=1S/C18H20F2N4O/c19-14-5-4-13(16(20)11-14)10-17(25)22-12-15-6-7-21-18(23-15)24-8-2-1-3-9-24/h4-7,11H,1-3,8-10,12H2,(H,22,25). The third kappa shape index (κ3) is 4.71. The van der Waals surface area contributed by atoms with Crippen LogP contribution in [0, 0.1) is 11.6 Å². The van der Waals surface area contributed by atoms with Crippen LogP contribution in [0.15, 0.2) is 30.5 Å². The molecule has 1 amide bonds. The summed E-state index contributed by atoms with van der Waals surface area (Å²) < 4.78 is 26.5. The molecule has 7 heteroatoms. The minimum absolute atomic E-state index is 0.143. The van der Waals surface area contributed by atoms with E-state index in [1.54, 1.807) is 12.3 Å². The van der Waals surface area contributed by atoms with Crippen molar-refractivity contribution in [3.63, 3.8) is 0 Å². The van der Waals surface area contributed by atoms with Crippen LogP contribution in [0.5, 0.6) is 0 Å². The highest BCUT2D eigenvalue weighted by Crippen LogP contribution is 2.15. The monoisotopic (exact) mass is 346 g/mol. The molecule has 0 unspecified atom stereocenters. The summed E-state index contributed by atoms with van der Waals surface area (Å²) in [5.41, 5.74) is 0.860. The number of anilines is 1. The van der Waals surface area contributed by atoms with E-state index in [1.807, 2.05) is 0 Å². The molecule has 0 aliphatic carbocycles. The molecular weight excluding hydrogens is 326 g/mol. The van der Waals surface area contributed by atoms with Crippen LogP contribution in [0.3, 0.4) is 0 Å². The largest absolute Gasteiger partial charge is 0.350 e. The molecule has 1 aliphatic heterocycles. The number of nitrogens with one attached hydrogen (secondary N) is 1. The number of hydrogen-bond donors (Lipinski definition) is 1. The second-order valence-corrected chi connectivity index (χ2v) is 6.08. The molecule has 2 aromatic rings. The average molecular weight is 346 g/mol. The molecule has 1 fully saturated rings. The summed E-state index contributed by atoms with van der Waals surface area (Å²) >= 11 is 0. The Morgan fingerprint density at radius 1 is 1.16 bits per heavy atom. The van der Waals surface area contributed by atoms with Crippen molar-refractivity contribution < 1.29 is 13.6 Å². The summed E-state index contributed by atoms with van der Waals surface area (Å²) in [5, 5.41) is 2.71. The van der Waals surface area contributed by atoms with Gasteiger partial charge in [0.1, 0.15) is 11.6 Å². The van der Waals surface area contributed by atoms with Gasteiger partial charge in [-0.3, -0.25) is 4.79 Å². The molecule has 0 bridgehead atoms. The van der Waals surface area contributed by atoms with Crippen LogP contribution < -0.4 is 10.2 Å². The van der Waals surface area contributed by atoms with Crippen molar-refractivity contribution in [1.29, 1.82) is 0 Å². The molecule has 2 heterocycles. The van der Waals surface area contributed by atoms with Gasteiger partial charge in [0.15, 0.2) is 0 Å². The second-order valence-electron chi connectivity index (χ2n) is 6.08. The van der Waals surface area contributed by atoms with E-state index in [0.717, 1.165) is 38.1 Å². The number of benzene rings is 1. The number of hydrogen-bond acceptors (Lipinski definition) is 4. The molecule has 1 N–H and O–H groups in total. The maximum Gasteiger partial charge on any atom is 0.225 e. The van der Waals surface area contributed by atoms with Crippen LogP contribution in [0.1, 0.15) is 30.5 Å². The topological polar surface area (TPSA) is 58.1 Å². The van der Waals surface area contributed by atoms with Gasteiger partial charge in [-0.15, -0.1) is 0 Å². The zero-order valence-electron chi connectivity index (χ0n) is 13.8. The highest BCUT2D eigenvalue weighted by molar-refractivity contribution is 5.78. The van der Waals surface area contributed by atoms with Crippen molar-refractivity contribution in [3.05, 3.63) is 53.4 Å². The number of carbonyl (C=O) groups is 1. The van der Waals surface area contributed by atoms with Gasteiger partial charge in [-0.2, -0.15) is 0 Å². The summed E-state index contributed by atoms with van der Waals surface area (Å²) in [7, 11) is 0. The van der Waals surface area contributed by atoms with Crippen molar-refractivity contribution in [2.75, 3.05) is 18.0 Å². The quantitative estimate of drug-likeness (QED) is 0.904. The Hall–Kier alpha value is -2.57. The predicted molar refractivity (Wildman–Crippen MR) is 90.0 cm³/mol. The molecule has 0 radical (unpaired) electrons. The van der Waals surface area contributed by atoms with E-state index in [1.165, 1.54) is 12.5 Å². The van der Waals surface area contributed by atoms with Crippen molar-refractivity contribution in [2.24, 2.45) is 0 Å². The lowest BCUT2D eigenvalue weighted by molar-refractivity contribution is -0.120. The van der Waals surface area contributed by atoms with Gasteiger partial charge in [0, 0.05) is 25.4 Å². The lowest BCUT2D eigenvalue weighted by Gasteiger charge is -2.26. The number of rotatable bonds is 5. The minimum Gasteiger partial charge on any atom is -0.350 e. The SMILES string of the molecule is O=C(Cc1ccc(F)cc1F)NCc1ccnc(N2CCCCC2)n1. The number of amides is 1. The third-order valence-corrected chi connectivity index (χ3v) is 4.17. The Labute approximate surface area is 145 Å². The first-order chi connectivity index (χ1) is 12.1. The van der Waals surface area contributed by atoms with Gasteiger partial charge in [-0.25, -0.2) is 18.7 Å². The van der Waals surface area contributed by atoms with Gasteiger partial charge >= 0.3 is 0 Å². The highest BCUT2D eigenvalue weighted by atomic mass is 19.1. The Morgan fingerprint density at radius 2 is 1.96 bits per heavy atom. The van der Waals surface area contributed by atoms with Gasteiger partial charge in [-0.05, 0) is 37.0 Å². The molecule has 5 nitrogen and oxygen atoms in total. The van der Waals surface area contributed by atoms with Crippen LogP contribution in [0.2, 0.25) is 0 Å². The first-order valence-electron chi connectivity index (χ1n) is 8.39. The lowest BCUT2D eigenvalue weighted by atomic mass is 10.1. The number of carbonyl (C=O) groups excluding carboxylic acids is 1. The number of halogens is 2. The molecule has 1 saturated heterocycles. The van der Waals surface area contributed by atoms with Gasteiger partial charge in [0.2, 0.25) is 11.9 Å². The minimum atomic E-state index is -0.718. The van der Waals surface area contributed by atoms with Crippen LogP contribution in [0.25, 0.3) is 0 Å². The fourth-order valence-electron chi connectivity index (χ4n) is 2.82. The maximum atomic E-state index is 13.6. The molecule has 132 valence electrons. The van der Waals surface area contributed by atoms with Gasteiger partial charge in [0.05, 0.1) is 18.7 Å². The molecule has 0 atom stereocenters. The van der Waals surface area contributed by atoms with Crippen LogP contribution in [-0.2, 0) is 17.8 Å². The van der Waals surface area contributed by atoms with E-state index in [4.69, 9.17) is 0 Å². The molecule has 1 aromatic heterocycles. The summed E-state index contributed by atoms with van der Waals surface area (Å²) in [6.07, 6.45) is 5.03. The molecule has 1 aliphatic rings. The van der Waals surface area contributed by atoms with Crippen molar-refractivity contribution in [1.82, 2.24) is 15.3 Å². The van der Waals surface area contributed by atoms with E-state index < -0.39 is 11.6 Å². The fraction of sp³-hybridized carbons (Fsp3) is 0.389. The molecule has 25 heavy (non-hydrogen) atoms. The third-order valence-electron chi connectivity index (χ3n) is 4.17. The Bertz CT molecular complexity index is 748. The Morgan fingerprint density at radius 3 is 2.72 bits per heavy atom. The number of aromatic nitrogens is 2. The highest BCUT2D eigenvalue weighted by Gasteiger charge is 2.14. The molecule has 0 spiro atoms. The Balaban J connectivity index is 1.56. The number of piperidine rings is 1. The molecular formula is C18H20F2N4O. The van der Waals surface area contributed by atoms with Crippen LogP contribution in [-0.4, -0.2) is 29.0 Å². The maximum absolute atomic E-state index is 13.6. The first kappa shape index (κ1) is 17.3. The first-order valence-corrected chi connectivity index (χ1v) is 8.39. The lowest BCUT2D eigenvalue weighted by Crippen LogP contribution is -2.31. The van der Waals surface area contributed by atoms with E-state index in [0.29, 0.717) is 11.6 Å². The average Bonchev–Trinajstić information content (AvgIpc) is 2.63. The van der Waals surface area contributed by atoms with Gasteiger partial charge in [-0.1, -0.05) is 6.07 Å². The van der Waals surface area contributed by atoms with Crippen molar-refractivity contribution in [3.8, 4) is 0 Å².